The van der Waals surface area contributed by atoms with Crippen molar-refractivity contribution in [1.82, 2.24) is 4.31 Å². The number of carbonyl (C=O) groups is 1. The Labute approximate surface area is 164 Å². The summed E-state index contributed by atoms with van der Waals surface area (Å²) in [6.45, 7) is 2.31. The zero-order valence-corrected chi connectivity index (χ0v) is 17.0. The van der Waals surface area contributed by atoms with E-state index in [9.17, 15) is 21.6 Å². The number of amides is 1. The maximum Gasteiger partial charge on any atom is 0.243 e. The predicted octanol–water partition coefficient (Wildman–Crippen LogP) is 1.81. The van der Waals surface area contributed by atoms with Gasteiger partial charge in [-0.25, -0.2) is 21.1 Å². The van der Waals surface area contributed by atoms with Crippen molar-refractivity contribution in [2.45, 2.75) is 31.2 Å². The van der Waals surface area contributed by atoms with Gasteiger partial charge in [0.15, 0.2) is 0 Å². The van der Waals surface area contributed by atoms with Crippen LogP contribution in [0.3, 0.4) is 0 Å². The van der Waals surface area contributed by atoms with Gasteiger partial charge in [0.25, 0.3) is 0 Å². The first-order valence-electron chi connectivity index (χ1n) is 8.93. The zero-order chi connectivity index (χ0) is 20.1. The van der Waals surface area contributed by atoms with Gasteiger partial charge in [0.1, 0.15) is 0 Å². The van der Waals surface area contributed by atoms with Crippen molar-refractivity contribution >= 4 is 31.6 Å². The van der Waals surface area contributed by atoms with E-state index < -0.39 is 26.0 Å². The van der Waals surface area contributed by atoms with Crippen molar-refractivity contribution in [2.24, 2.45) is 0 Å². The second-order valence-corrected chi connectivity index (χ2v) is 10.9. The minimum absolute atomic E-state index is 0.0609. The molecule has 1 saturated heterocycles. The van der Waals surface area contributed by atoms with Gasteiger partial charge in [0.2, 0.25) is 26.0 Å². The molecule has 0 saturated carbocycles. The average molecular weight is 421 g/mol. The lowest BCUT2D eigenvalue weighted by atomic mass is 10.0. The second-order valence-electron chi connectivity index (χ2n) is 7.03. The highest BCUT2D eigenvalue weighted by atomic mass is 32.2. The third-order valence-corrected chi connectivity index (χ3v) is 8.88. The molecule has 0 spiro atoms. The fourth-order valence-corrected chi connectivity index (χ4v) is 6.81. The third kappa shape index (κ3) is 3.13. The lowest BCUT2D eigenvalue weighted by Gasteiger charge is -2.28. The molecule has 2 aromatic rings. The van der Waals surface area contributed by atoms with Crippen LogP contribution in [-0.4, -0.2) is 39.3 Å². The van der Waals surface area contributed by atoms with Crippen LogP contribution in [0.2, 0.25) is 0 Å². The van der Waals surface area contributed by atoms with Crippen LogP contribution in [0.25, 0.3) is 0 Å². The molecule has 0 N–H and O–H groups in total. The van der Waals surface area contributed by atoms with Gasteiger partial charge >= 0.3 is 0 Å². The van der Waals surface area contributed by atoms with Crippen molar-refractivity contribution in [1.29, 1.82) is 0 Å². The molecule has 148 valence electrons. The molecule has 2 aliphatic heterocycles. The van der Waals surface area contributed by atoms with E-state index in [1.165, 1.54) is 22.5 Å². The first kappa shape index (κ1) is 19.1. The Kier molecular flexibility index (Phi) is 4.56. The van der Waals surface area contributed by atoms with Crippen molar-refractivity contribution in [2.75, 3.05) is 16.6 Å². The molecule has 9 heteroatoms. The SMILES string of the molecule is Cc1cc(N2C(=O)CCS2(=O)=O)ccc1S(=O)(=O)N1CCc2ccccc2C1. The first-order chi connectivity index (χ1) is 13.2. The highest BCUT2D eigenvalue weighted by Crippen LogP contribution is 2.31. The molecule has 1 fully saturated rings. The van der Waals surface area contributed by atoms with Crippen LogP contribution in [0.5, 0.6) is 0 Å². The fraction of sp³-hybridized carbons (Fsp3) is 0.316. The summed E-state index contributed by atoms with van der Waals surface area (Å²) < 4.78 is 52.8. The molecule has 0 unspecified atom stereocenters. The third-order valence-electron chi connectivity index (χ3n) is 5.19. The molecule has 28 heavy (non-hydrogen) atoms. The highest BCUT2D eigenvalue weighted by molar-refractivity contribution is 7.94. The summed E-state index contributed by atoms with van der Waals surface area (Å²) in [6.07, 6.45) is 0.585. The minimum atomic E-state index is -3.74. The monoisotopic (exact) mass is 420 g/mol. The maximum atomic E-state index is 13.2. The van der Waals surface area contributed by atoms with Crippen LogP contribution in [-0.2, 0) is 37.8 Å². The number of anilines is 1. The van der Waals surface area contributed by atoms with E-state index in [4.69, 9.17) is 0 Å². The molecular formula is C19H20N2O5S2. The number of carbonyl (C=O) groups excluding carboxylic acids is 1. The molecule has 4 rings (SSSR count). The standard InChI is InChI=1S/C19H20N2O5S2/c1-14-12-17(21-19(22)9-11-27(21,23)24)6-7-18(14)28(25,26)20-10-8-15-4-2-3-5-16(15)13-20/h2-7,12H,8-11,13H2,1H3. The van der Waals surface area contributed by atoms with Crippen LogP contribution >= 0.6 is 0 Å². The number of hydrogen-bond acceptors (Lipinski definition) is 5. The summed E-state index contributed by atoms with van der Waals surface area (Å²) >= 11 is 0. The van der Waals surface area contributed by atoms with Crippen LogP contribution < -0.4 is 4.31 Å². The number of hydrogen-bond donors (Lipinski definition) is 0. The maximum absolute atomic E-state index is 13.2. The Morgan fingerprint density at radius 3 is 2.36 bits per heavy atom. The Bertz CT molecular complexity index is 1170. The van der Waals surface area contributed by atoms with Gasteiger partial charge in [-0.3, -0.25) is 4.79 Å². The molecule has 0 aromatic heterocycles. The van der Waals surface area contributed by atoms with E-state index in [1.807, 2.05) is 24.3 Å². The molecule has 2 aromatic carbocycles. The Morgan fingerprint density at radius 2 is 1.71 bits per heavy atom. The van der Waals surface area contributed by atoms with Crippen LogP contribution in [0.4, 0.5) is 5.69 Å². The van der Waals surface area contributed by atoms with Gasteiger partial charge in [0.05, 0.1) is 16.3 Å². The van der Waals surface area contributed by atoms with Crippen molar-refractivity contribution in [3.63, 3.8) is 0 Å². The second kappa shape index (κ2) is 6.68. The topological polar surface area (TPSA) is 91.8 Å². The Balaban J connectivity index is 1.67. The Hall–Kier alpha value is -2.23. The van der Waals surface area contributed by atoms with Crippen LogP contribution in [0.1, 0.15) is 23.1 Å². The number of benzene rings is 2. The van der Waals surface area contributed by atoms with E-state index >= 15 is 0 Å². The summed E-state index contributed by atoms with van der Waals surface area (Å²) in [7, 11) is -7.42. The lowest BCUT2D eigenvalue weighted by molar-refractivity contribution is -0.116. The fourth-order valence-electron chi connectivity index (χ4n) is 3.73. The quantitative estimate of drug-likeness (QED) is 0.755. The minimum Gasteiger partial charge on any atom is -0.273 e. The Morgan fingerprint density at radius 1 is 1.00 bits per heavy atom. The zero-order valence-electron chi connectivity index (χ0n) is 15.3. The molecule has 0 bridgehead atoms. The van der Waals surface area contributed by atoms with E-state index in [-0.39, 0.29) is 22.8 Å². The summed E-state index contributed by atoms with van der Waals surface area (Å²) in [5.41, 5.74) is 2.73. The number of fused-ring (bicyclic) bond motifs is 1. The molecule has 2 aliphatic rings. The molecule has 7 nitrogen and oxygen atoms in total. The summed E-state index contributed by atoms with van der Waals surface area (Å²) in [5, 5.41) is 0. The number of nitrogens with zero attached hydrogens (tertiary/aromatic N) is 2. The van der Waals surface area contributed by atoms with Gasteiger partial charge in [-0.2, -0.15) is 4.31 Å². The summed E-state index contributed by atoms with van der Waals surface area (Å²) in [4.78, 5) is 12.1. The van der Waals surface area contributed by atoms with Gasteiger partial charge in [-0.15, -0.1) is 0 Å². The van der Waals surface area contributed by atoms with Gasteiger partial charge in [-0.05, 0) is 48.2 Å². The number of aryl methyl sites for hydroxylation is 1. The predicted molar refractivity (Wildman–Crippen MR) is 105 cm³/mol. The summed E-state index contributed by atoms with van der Waals surface area (Å²) in [5.74, 6) is -0.722. The first-order valence-corrected chi connectivity index (χ1v) is 12.0. The van der Waals surface area contributed by atoms with Crippen molar-refractivity contribution in [3.8, 4) is 0 Å². The molecule has 0 aliphatic carbocycles. The van der Waals surface area contributed by atoms with Crippen molar-refractivity contribution < 1.29 is 21.6 Å². The number of sulfonamides is 2. The molecule has 0 radical (unpaired) electrons. The average Bonchev–Trinajstić information content (AvgIpc) is 2.93. The number of rotatable bonds is 3. The van der Waals surface area contributed by atoms with Gasteiger partial charge < -0.3 is 0 Å². The highest BCUT2D eigenvalue weighted by Gasteiger charge is 2.37. The summed E-state index contributed by atoms with van der Waals surface area (Å²) in [6, 6.07) is 12.0. The van der Waals surface area contributed by atoms with E-state index in [0.717, 1.165) is 15.4 Å². The van der Waals surface area contributed by atoms with E-state index in [2.05, 4.69) is 0 Å². The lowest BCUT2D eigenvalue weighted by Crippen LogP contribution is -2.36. The molecular weight excluding hydrogens is 400 g/mol. The molecule has 1 amide bonds. The van der Waals surface area contributed by atoms with Crippen LogP contribution in [0.15, 0.2) is 47.4 Å². The van der Waals surface area contributed by atoms with Gasteiger partial charge in [-0.1, -0.05) is 24.3 Å². The molecule has 0 atom stereocenters. The van der Waals surface area contributed by atoms with Crippen LogP contribution in [0, 0.1) is 6.92 Å². The van der Waals surface area contributed by atoms with E-state index in [0.29, 0.717) is 25.1 Å². The smallest absolute Gasteiger partial charge is 0.243 e. The molecule has 2 heterocycles. The van der Waals surface area contributed by atoms with Crippen molar-refractivity contribution in [3.05, 3.63) is 59.2 Å². The van der Waals surface area contributed by atoms with E-state index in [1.54, 1.807) is 6.92 Å². The van der Waals surface area contributed by atoms with Gasteiger partial charge in [0, 0.05) is 19.5 Å². The largest absolute Gasteiger partial charge is 0.273 e. The normalized spacial score (nSPS) is 19.6.